The lowest BCUT2D eigenvalue weighted by Crippen LogP contribution is -2.15. The van der Waals surface area contributed by atoms with Gasteiger partial charge in [-0.25, -0.2) is 0 Å². The first-order valence-electron chi connectivity index (χ1n) is 1.90. The molecule has 38 valence electrons. The molecule has 1 unspecified atom stereocenters. The molecule has 0 aromatic rings. The molecule has 1 N–H and O–H groups in total. The van der Waals surface area contributed by atoms with Gasteiger partial charge in [-0.3, -0.25) is 0 Å². The summed E-state index contributed by atoms with van der Waals surface area (Å²) in [5.74, 6) is 0. The monoisotopic (exact) mass is 106 g/mol. The normalized spacial score (nSPS) is 12.0. The van der Waals surface area contributed by atoms with Crippen molar-refractivity contribution in [1.29, 1.82) is 0 Å². The van der Waals surface area contributed by atoms with Gasteiger partial charge in [0.1, 0.15) is 0 Å². The first-order chi connectivity index (χ1) is 2.77. The average molecular weight is 106 g/mol. The smallest absolute Gasteiger partial charge is 0.00320 e. The summed E-state index contributed by atoms with van der Waals surface area (Å²) in [5.41, 5.74) is 0. The fraction of sp³-hybridized carbons (Fsp3) is 1.00. The minimum Gasteiger partial charge on any atom is -0.820 e. The van der Waals surface area contributed by atoms with Gasteiger partial charge in [0.25, 0.3) is 0 Å². The minimum absolute atomic E-state index is 0.348. The van der Waals surface area contributed by atoms with Crippen LogP contribution in [-0.2, 0) is 0 Å². The maximum atomic E-state index is 9.66. The SMILES string of the molecule is CC(C)NP[O-]. The van der Waals surface area contributed by atoms with Gasteiger partial charge in [-0.15, -0.1) is 8.96 Å². The Balaban J connectivity index is 2.63. The molecule has 0 aliphatic rings. The van der Waals surface area contributed by atoms with Crippen LogP contribution in [0.15, 0.2) is 0 Å². The van der Waals surface area contributed by atoms with E-state index in [1.807, 2.05) is 13.8 Å². The Labute approximate surface area is 39.9 Å². The van der Waals surface area contributed by atoms with Crippen molar-refractivity contribution in [2.24, 2.45) is 0 Å². The summed E-state index contributed by atoms with van der Waals surface area (Å²) in [6.45, 7) is 3.90. The van der Waals surface area contributed by atoms with Crippen LogP contribution in [0.4, 0.5) is 0 Å². The Morgan fingerprint density at radius 3 is 2.17 bits per heavy atom. The van der Waals surface area contributed by atoms with Crippen molar-refractivity contribution in [1.82, 2.24) is 5.09 Å². The lowest BCUT2D eigenvalue weighted by molar-refractivity contribution is -0.153. The zero-order valence-electron chi connectivity index (χ0n) is 3.99. The second-order valence-electron chi connectivity index (χ2n) is 1.40. The van der Waals surface area contributed by atoms with E-state index in [0.717, 1.165) is 0 Å². The molecule has 0 spiro atoms. The number of hydrogen-bond donors (Lipinski definition) is 1. The van der Waals surface area contributed by atoms with Crippen LogP contribution in [-0.4, -0.2) is 6.04 Å². The third-order valence-electron chi connectivity index (χ3n) is 0.348. The molecule has 3 heteroatoms. The van der Waals surface area contributed by atoms with Crippen LogP contribution in [0.2, 0.25) is 0 Å². The lowest BCUT2D eigenvalue weighted by Gasteiger charge is -2.09. The van der Waals surface area contributed by atoms with E-state index in [9.17, 15) is 4.89 Å². The molecule has 1 atom stereocenters. The molecule has 0 saturated carbocycles. The number of nitrogens with one attached hydrogen (secondary N) is 1. The van der Waals surface area contributed by atoms with Gasteiger partial charge in [-0.1, -0.05) is 0 Å². The van der Waals surface area contributed by atoms with E-state index in [2.05, 4.69) is 5.09 Å². The van der Waals surface area contributed by atoms with Crippen LogP contribution in [0.1, 0.15) is 13.8 Å². The Kier molecular flexibility index (Phi) is 3.74. The predicted octanol–water partition coefficient (Wildman–Crippen LogP) is -0.147. The van der Waals surface area contributed by atoms with Crippen molar-refractivity contribution >= 4 is 8.96 Å². The van der Waals surface area contributed by atoms with Gasteiger partial charge >= 0.3 is 0 Å². The van der Waals surface area contributed by atoms with Gasteiger partial charge in [0, 0.05) is 6.04 Å². The summed E-state index contributed by atoms with van der Waals surface area (Å²) in [6.07, 6.45) is 0. The molecule has 0 saturated heterocycles. The maximum absolute atomic E-state index is 9.66. The van der Waals surface area contributed by atoms with Crippen LogP contribution < -0.4 is 9.98 Å². The van der Waals surface area contributed by atoms with Gasteiger partial charge in [-0.05, 0) is 13.8 Å². The van der Waals surface area contributed by atoms with E-state index in [1.165, 1.54) is 0 Å². The van der Waals surface area contributed by atoms with E-state index in [4.69, 9.17) is 0 Å². The molecule has 0 aliphatic carbocycles. The molecule has 0 heterocycles. The highest BCUT2D eigenvalue weighted by Crippen LogP contribution is 1.87. The van der Waals surface area contributed by atoms with Crippen molar-refractivity contribution in [2.75, 3.05) is 0 Å². The van der Waals surface area contributed by atoms with Crippen molar-refractivity contribution in [3.63, 3.8) is 0 Å². The summed E-state index contributed by atoms with van der Waals surface area (Å²) < 4.78 is 0. The average Bonchev–Trinajstić information content (AvgIpc) is 1.35. The van der Waals surface area contributed by atoms with Crippen molar-refractivity contribution in [3.05, 3.63) is 0 Å². The van der Waals surface area contributed by atoms with Crippen LogP contribution >= 0.6 is 8.96 Å². The molecular weight excluding hydrogens is 97.0 g/mol. The van der Waals surface area contributed by atoms with Crippen LogP contribution in [0.3, 0.4) is 0 Å². The molecule has 0 rings (SSSR count). The molecule has 0 radical (unpaired) electrons. The summed E-state index contributed by atoms with van der Waals surface area (Å²) in [5, 5.41) is 2.68. The van der Waals surface area contributed by atoms with Crippen molar-refractivity contribution < 1.29 is 4.89 Å². The third-order valence-corrected chi connectivity index (χ3v) is 1.04. The summed E-state index contributed by atoms with van der Waals surface area (Å²) in [6, 6.07) is 0.348. The zero-order valence-corrected chi connectivity index (χ0v) is 4.99. The second-order valence-corrected chi connectivity index (χ2v) is 1.89. The summed E-state index contributed by atoms with van der Waals surface area (Å²) in [7, 11) is -0.362. The highest BCUT2D eigenvalue weighted by Gasteiger charge is 1.79. The van der Waals surface area contributed by atoms with Gasteiger partial charge in [0.2, 0.25) is 0 Å². The Bertz CT molecular complexity index is 32.0. The molecule has 6 heavy (non-hydrogen) atoms. The third kappa shape index (κ3) is 4.35. The quantitative estimate of drug-likeness (QED) is 0.497. The van der Waals surface area contributed by atoms with Crippen LogP contribution in [0.25, 0.3) is 0 Å². The largest absolute Gasteiger partial charge is 0.820 e. The molecule has 0 amide bonds. The standard InChI is InChI=1S/C3H9NOP/c1-3(2)4-6-5/h3-4,6H,1-2H3/q-1. The lowest BCUT2D eigenvalue weighted by atomic mass is 10.4. The molecule has 0 aromatic heterocycles. The molecule has 0 bridgehead atoms. The molecule has 0 aliphatic heterocycles. The van der Waals surface area contributed by atoms with Crippen LogP contribution in [0.5, 0.6) is 0 Å². The fourth-order valence-corrected chi connectivity index (χ4v) is 0.354. The van der Waals surface area contributed by atoms with Gasteiger partial charge in [0.15, 0.2) is 0 Å². The number of hydrogen-bond acceptors (Lipinski definition) is 2. The molecule has 2 nitrogen and oxygen atoms in total. The van der Waals surface area contributed by atoms with E-state index < -0.39 is 0 Å². The Morgan fingerprint density at radius 1 is 1.67 bits per heavy atom. The van der Waals surface area contributed by atoms with Gasteiger partial charge in [-0.2, -0.15) is 0 Å². The summed E-state index contributed by atoms with van der Waals surface area (Å²) >= 11 is 0. The van der Waals surface area contributed by atoms with E-state index >= 15 is 0 Å². The molecule has 0 fully saturated rings. The van der Waals surface area contributed by atoms with E-state index in [1.54, 1.807) is 0 Å². The van der Waals surface area contributed by atoms with Gasteiger partial charge < -0.3 is 9.98 Å². The highest BCUT2D eigenvalue weighted by molar-refractivity contribution is 7.26. The van der Waals surface area contributed by atoms with Crippen molar-refractivity contribution in [3.8, 4) is 0 Å². The molecular formula is C3H9NOP-. The first kappa shape index (κ1) is 6.35. The van der Waals surface area contributed by atoms with E-state index in [0.29, 0.717) is 6.04 Å². The first-order valence-corrected chi connectivity index (χ1v) is 2.81. The highest BCUT2D eigenvalue weighted by atomic mass is 31.1. The predicted molar refractivity (Wildman–Crippen MR) is 26.6 cm³/mol. The van der Waals surface area contributed by atoms with Crippen molar-refractivity contribution in [2.45, 2.75) is 19.9 Å². The van der Waals surface area contributed by atoms with Crippen LogP contribution in [0, 0.1) is 0 Å². The Hall–Kier alpha value is 0.350. The topological polar surface area (TPSA) is 35.1 Å². The Morgan fingerprint density at radius 2 is 2.17 bits per heavy atom. The number of rotatable bonds is 2. The molecule has 0 aromatic carbocycles. The maximum Gasteiger partial charge on any atom is 0.00320 e. The van der Waals surface area contributed by atoms with E-state index in [-0.39, 0.29) is 8.96 Å². The van der Waals surface area contributed by atoms with Gasteiger partial charge in [0.05, 0.1) is 0 Å². The zero-order chi connectivity index (χ0) is 4.99. The second kappa shape index (κ2) is 3.54. The minimum atomic E-state index is -0.362. The summed E-state index contributed by atoms with van der Waals surface area (Å²) in [4.78, 5) is 9.66. The fourth-order valence-electron chi connectivity index (χ4n) is 0.118.